The molecule has 0 bridgehead atoms. The van der Waals surface area contributed by atoms with Gasteiger partial charge >= 0.3 is 0 Å². The predicted molar refractivity (Wildman–Crippen MR) is 230 cm³/mol. The number of unbranched alkanes of at least 4 members (excludes halogenated alkanes) is 2. The Balaban J connectivity index is 0. The van der Waals surface area contributed by atoms with Gasteiger partial charge in [0, 0.05) is 23.0 Å². The molecule has 0 spiro atoms. The molecule has 0 fully saturated rings. The highest BCUT2D eigenvalue weighted by Gasteiger charge is 2.18. The Morgan fingerprint density at radius 1 is 0.917 bits per heavy atom. The molecule has 1 N–H and O–H groups in total. The second-order valence-electron chi connectivity index (χ2n) is 12.0. The van der Waals surface area contributed by atoms with Crippen molar-refractivity contribution in [3.63, 3.8) is 0 Å². The molecule has 1 nitrogen and oxygen atoms in total. The minimum atomic E-state index is 0.462. The van der Waals surface area contributed by atoms with Crippen molar-refractivity contribution in [3.8, 4) is 0 Å². The summed E-state index contributed by atoms with van der Waals surface area (Å²) in [5, 5.41) is 3.49. The fraction of sp³-hybridized carbons (Fsp3) is 0.467. The molecule has 2 aromatic carbocycles. The number of thiol groups is 1. The second kappa shape index (κ2) is 31.8. The number of hydrogen-bond acceptors (Lipinski definition) is 2. The first-order valence-electron chi connectivity index (χ1n) is 18.2. The summed E-state index contributed by atoms with van der Waals surface area (Å²) in [6, 6.07) is 14.9. The summed E-state index contributed by atoms with van der Waals surface area (Å²) in [4.78, 5) is 0. The highest BCUT2D eigenvalue weighted by atomic mass is 79.9. The Hall–Kier alpha value is -2.49. The molecule has 2 aromatic rings. The van der Waals surface area contributed by atoms with Crippen LogP contribution in [0.25, 0.3) is 0 Å². The highest BCUT2D eigenvalue weighted by Crippen LogP contribution is 2.38. The fourth-order valence-electron chi connectivity index (χ4n) is 5.42. The van der Waals surface area contributed by atoms with E-state index in [2.05, 4.69) is 143 Å². The lowest BCUT2D eigenvalue weighted by atomic mass is 9.85. The maximum atomic E-state index is 4.34. The summed E-state index contributed by atoms with van der Waals surface area (Å²) >= 11 is 8.01. The predicted octanol–water partition coefficient (Wildman–Crippen LogP) is 15.4. The number of allylic oxidation sites excluding steroid dienone is 8. The fourth-order valence-corrected chi connectivity index (χ4v) is 6.19. The van der Waals surface area contributed by atoms with Gasteiger partial charge < -0.3 is 5.32 Å². The molecule has 3 heteroatoms. The van der Waals surface area contributed by atoms with Gasteiger partial charge in [-0.25, -0.2) is 0 Å². The Labute approximate surface area is 312 Å². The van der Waals surface area contributed by atoms with E-state index in [1.807, 2.05) is 45.9 Å². The average Bonchev–Trinajstić information content (AvgIpc) is 3.39. The van der Waals surface area contributed by atoms with Gasteiger partial charge in [-0.2, -0.15) is 12.6 Å². The molecular formula is C45H70BrNS. The van der Waals surface area contributed by atoms with Crippen LogP contribution in [0.4, 0.5) is 5.69 Å². The zero-order valence-electron chi connectivity index (χ0n) is 32.0. The third-order valence-electron chi connectivity index (χ3n) is 7.55. The van der Waals surface area contributed by atoms with Gasteiger partial charge in [0.15, 0.2) is 0 Å². The molecule has 1 aliphatic rings. The number of nitrogens with one attached hydrogen (secondary N) is 1. The van der Waals surface area contributed by atoms with Crippen LogP contribution in [0.2, 0.25) is 0 Å². The number of anilines is 1. The molecule has 3 rings (SSSR count). The third-order valence-corrected chi connectivity index (χ3v) is 8.66. The maximum absolute atomic E-state index is 4.34. The van der Waals surface area contributed by atoms with E-state index >= 15 is 0 Å². The summed E-state index contributed by atoms with van der Waals surface area (Å²) in [5.41, 5.74) is 9.42. The van der Waals surface area contributed by atoms with Crippen molar-refractivity contribution in [2.45, 2.75) is 124 Å². The van der Waals surface area contributed by atoms with E-state index in [1.165, 1.54) is 69.3 Å². The van der Waals surface area contributed by atoms with Crippen molar-refractivity contribution in [2.24, 2.45) is 5.92 Å². The molecule has 0 heterocycles. The van der Waals surface area contributed by atoms with Crippen molar-refractivity contribution in [1.82, 2.24) is 0 Å². The summed E-state index contributed by atoms with van der Waals surface area (Å²) in [7, 11) is 2.05. The van der Waals surface area contributed by atoms with Gasteiger partial charge in [-0.05, 0) is 111 Å². The summed E-state index contributed by atoms with van der Waals surface area (Å²) in [6.07, 6.45) is 22.6. The van der Waals surface area contributed by atoms with E-state index in [-0.39, 0.29) is 0 Å². The number of benzene rings is 2. The minimum absolute atomic E-state index is 0.462. The SMILES string of the molecule is C=C.C=C(C)CC(CCC(=C)CC(C)C)c1cc(Br)c(CCCCCC2=CC=CCC=C2)cc1NC.CC.CC.SCc1ccccc1. The molecule has 1 unspecified atom stereocenters. The maximum Gasteiger partial charge on any atom is 0.0376 e. The standard InChI is InChI=1S/C32H46BrN.C7H8S.2C2H6.C2H4/c1-24(2)20-26(5)18-19-28(21-25(3)4)30-23-31(33)29(22-32(30)34-6)17-13-9-12-16-27-14-10-7-8-11-15-27;8-6-7-4-2-1-3-5-7;3*1-2/h7,10-11,14-15,22-24,28,34H,3,5,8-9,12-13,16-21H2,1-2,4,6H3;1-5,8H,6H2;2*1-2H3;1-2H2. The van der Waals surface area contributed by atoms with Crippen LogP contribution in [0.3, 0.4) is 0 Å². The molecule has 0 aliphatic heterocycles. The van der Waals surface area contributed by atoms with Crippen LogP contribution in [-0.2, 0) is 12.2 Å². The smallest absolute Gasteiger partial charge is 0.0376 e. The number of aryl methyl sites for hydroxylation is 1. The molecule has 0 radical (unpaired) electrons. The summed E-state index contributed by atoms with van der Waals surface area (Å²) in [6.45, 7) is 29.3. The van der Waals surface area contributed by atoms with Crippen molar-refractivity contribution >= 4 is 34.2 Å². The van der Waals surface area contributed by atoms with E-state index < -0.39 is 0 Å². The highest BCUT2D eigenvalue weighted by molar-refractivity contribution is 9.10. The summed E-state index contributed by atoms with van der Waals surface area (Å²) < 4.78 is 1.24. The molecule has 268 valence electrons. The Morgan fingerprint density at radius 3 is 2.12 bits per heavy atom. The number of hydrogen-bond donors (Lipinski definition) is 2. The minimum Gasteiger partial charge on any atom is -0.388 e. The Morgan fingerprint density at radius 2 is 1.56 bits per heavy atom. The molecule has 0 aromatic heterocycles. The van der Waals surface area contributed by atoms with Crippen molar-refractivity contribution in [1.29, 1.82) is 0 Å². The van der Waals surface area contributed by atoms with E-state index in [0.29, 0.717) is 11.8 Å². The quantitative estimate of drug-likeness (QED) is 0.0993. The Kier molecular flexibility index (Phi) is 31.5. The molecule has 0 amide bonds. The van der Waals surface area contributed by atoms with Crippen LogP contribution in [0.5, 0.6) is 0 Å². The summed E-state index contributed by atoms with van der Waals surface area (Å²) in [5.74, 6) is 1.97. The van der Waals surface area contributed by atoms with Crippen LogP contribution in [0.1, 0.15) is 129 Å². The van der Waals surface area contributed by atoms with Gasteiger partial charge in [-0.15, -0.1) is 19.7 Å². The zero-order chi connectivity index (χ0) is 36.7. The van der Waals surface area contributed by atoms with Crippen LogP contribution < -0.4 is 5.32 Å². The molecule has 0 saturated heterocycles. The van der Waals surface area contributed by atoms with E-state index in [1.54, 1.807) is 0 Å². The molecule has 1 atom stereocenters. The largest absolute Gasteiger partial charge is 0.388 e. The monoisotopic (exact) mass is 735 g/mol. The average molecular weight is 737 g/mol. The first kappa shape index (κ1) is 47.6. The van der Waals surface area contributed by atoms with E-state index in [9.17, 15) is 0 Å². The number of rotatable bonds is 16. The lowest BCUT2D eigenvalue weighted by molar-refractivity contribution is 0.576. The van der Waals surface area contributed by atoms with E-state index in [4.69, 9.17) is 0 Å². The van der Waals surface area contributed by atoms with Crippen molar-refractivity contribution < 1.29 is 0 Å². The van der Waals surface area contributed by atoms with Crippen LogP contribution in [-0.4, -0.2) is 7.05 Å². The van der Waals surface area contributed by atoms with Gasteiger partial charge in [-0.3, -0.25) is 0 Å². The second-order valence-corrected chi connectivity index (χ2v) is 13.2. The normalized spacial score (nSPS) is 11.9. The third kappa shape index (κ3) is 22.2. The van der Waals surface area contributed by atoms with Crippen molar-refractivity contribution in [2.75, 3.05) is 12.4 Å². The van der Waals surface area contributed by atoms with Crippen LogP contribution in [0, 0.1) is 5.92 Å². The van der Waals surface area contributed by atoms with Crippen LogP contribution in [0.15, 0.2) is 120 Å². The van der Waals surface area contributed by atoms with Gasteiger partial charge in [0.1, 0.15) is 0 Å². The topological polar surface area (TPSA) is 12.0 Å². The first-order chi connectivity index (χ1) is 23.2. The lowest BCUT2D eigenvalue weighted by Crippen LogP contribution is -2.07. The number of halogens is 1. The molecule has 1 aliphatic carbocycles. The molecule has 48 heavy (non-hydrogen) atoms. The molecular weight excluding hydrogens is 666 g/mol. The van der Waals surface area contributed by atoms with Gasteiger partial charge in [0.25, 0.3) is 0 Å². The molecule has 0 saturated carbocycles. The Bertz CT molecular complexity index is 1200. The van der Waals surface area contributed by atoms with Crippen molar-refractivity contribution in [3.05, 3.63) is 137 Å². The van der Waals surface area contributed by atoms with Gasteiger partial charge in [0.05, 0.1) is 0 Å². The zero-order valence-corrected chi connectivity index (χ0v) is 34.5. The van der Waals surface area contributed by atoms with Gasteiger partial charge in [-0.1, -0.05) is 142 Å². The first-order valence-corrected chi connectivity index (χ1v) is 19.6. The van der Waals surface area contributed by atoms with E-state index in [0.717, 1.165) is 44.3 Å². The lowest BCUT2D eigenvalue weighted by Gasteiger charge is -2.23. The van der Waals surface area contributed by atoms with Gasteiger partial charge in [0.2, 0.25) is 0 Å². The van der Waals surface area contributed by atoms with Crippen LogP contribution >= 0.6 is 28.6 Å².